The third kappa shape index (κ3) is 4.69. The average molecular weight is 309 g/mol. The van der Waals surface area contributed by atoms with Gasteiger partial charge < -0.3 is 9.80 Å². The Bertz CT molecular complexity index is 342. The summed E-state index contributed by atoms with van der Waals surface area (Å²) < 4.78 is 0. The van der Waals surface area contributed by atoms with Gasteiger partial charge in [-0.3, -0.25) is 9.69 Å². The van der Waals surface area contributed by atoms with E-state index in [9.17, 15) is 4.79 Å². The van der Waals surface area contributed by atoms with Crippen LogP contribution >= 0.6 is 0 Å². The second-order valence-electron chi connectivity index (χ2n) is 7.52. The van der Waals surface area contributed by atoms with Gasteiger partial charge in [-0.25, -0.2) is 0 Å². The zero-order chi connectivity index (χ0) is 16.1. The maximum Gasteiger partial charge on any atom is 0.225 e. The molecule has 4 nitrogen and oxygen atoms in total. The van der Waals surface area contributed by atoms with E-state index in [4.69, 9.17) is 0 Å². The molecule has 0 aromatic rings. The largest absolute Gasteiger partial charge is 0.340 e. The molecule has 0 bridgehead atoms. The van der Waals surface area contributed by atoms with Gasteiger partial charge in [-0.05, 0) is 45.2 Å². The fourth-order valence-electron chi connectivity index (χ4n) is 3.72. The van der Waals surface area contributed by atoms with Crippen LogP contribution in [0.15, 0.2) is 0 Å². The number of hydrogen-bond donors (Lipinski definition) is 0. The van der Waals surface area contributed by atoms with Crippen molar-refractivity contribution in [3.63, 3.8) is 0 Å². The molecule has 0 radical (unpaired) electrons. The molecule has 2 aliphatic rings. The highest BCUT2D eigenvalue weighted by Crippen LogP contribution is 2.21. The van der Waals surface area contributed by atoms with Crippen LogP contribution in [0.4, 0.5) is 0 Å². The van der Waals surface area contributed by atoms with Crippen molar-refractivity contribution in [3.8, 4) is 0 Å². The van der Waals surface area contributed by atoms with Gasteiger partial charge in [0.1, 0.15) is 0 Å². The average Bonchev–Trinajstić information content (AvgIpc) is 2.54. The summed E-state index contributed by atoms with van der Waals surface area (Å²) in [7, 11) is 0. The Balaban J connectivity index is 1.68. The van der Waals surface area contributed by atoms with Crippen molar-refractivity contribution in [1.29, 1.82) is 0 Å². The van der Waals surface area contributed by atoms with E-state index >= 15 is 0 Å². The molecular formula is C18H35N3O. The summed E-state index contributed by atoms with van der Waals surface area (Å²) in [6, 6.07) is 0.742. The monoisotopic (exact) mass is 309 g/mol. The Morgan fingerprint density at radius 2 is 1.59 bits per heavy atom. The van der Waals surface area contributed by atoms with Crippen molar-refractivity contribution in [2.24, 2.45) is 11.8 Å². The Morgan fingerprint density at radius 1 is 1.00 bits per heavy atom. The summed E-state index contributed by atoms with van der Waals surface area (Å²) in [5.41, 5.74) is 0. The Morgan fingerprint density at radius 3 is 2.09 bits per heavy atom. The maximum absolute atomic E-state index is 12.0. The lowest BCUT2D eigenvalue weighted by Crippen LogP contribution is -2.51. The molecule has 2 aliphatic heterocycles. The number of rotatable bonds is 5. The van der Waals surface area contributed by atoms with Crippen LogP contribution in [-0.4, -0.2) is 72.5 Å². The molecule has 0 aliphatic carbocycles. The van der Waals surface area contributed by atoms with E-state index in [2.05, 4.69) is 23.6 Å². The van der Waals surface area contributed by atoms with Crippen LogP contribution in [0.2, 0.25) is 0 Å². The van der Waals surface area contributed by atoms with Gasteiger partial charge in [0.25, 0.3) is 0 Å². The van der Waals surface area contributed by atoms with E-state index in [1.807, 2.05) is 18.7 Å². The summed E-state index contributed by atoms with van der Waals surface area (Å²) in [4.78, 5) is 19.3. The van der Waals surface area contributed by atoms with Gasteiger partial charge in [-0.1, -0.05) is 20.8 Å². The molecule has 0 aromatic carbocycles. The molecule has 1 atom stereocenters. The number of likely N-dealkylation sites (tertiary alicyclic amines) is 1. The minimum absolute atomic E-state index is 0.136. The summed E-state index contributed by atoms with van der Waals surface area (Å²) in [6.07, 6.45) is 3.95. The summed E-state index contributed by atoms with van der Waals surface area (Å²) in [6.45, 7) is 16.4. The van der Waals surface area contributed by atoms with Crippen LogP contribution in [0.3, 0.4) is 0 Å². The highest BCUT2D eigenvalue weighted by molar-refractivity contribution is 5.78. The van der Waals surface area contributed by atoms with Crippen molar-refractivity contribution in [3.05, 3.63) is 0 Å². The molecule has 1 amide bonds. The molecule has 22 heavy (non-hydrogen) atoms. The van der Waals surface area contributed by atoms with Crippen LogP contribution in [0.1, 0.15) is 47.0 Å². The topological polar surface area (TPSA) is 26.8 Å². The fraction of sp³-hybridized carbons (Fsp3) is 0.944. The van der Waals surface area contributed by atoms with Crippen LogP contribution in [0.25, 0.3) is 0 Å². The number of nitrogens with zero attached hydrogens (tertiary/aromatic N) is 3. The SMILES string of the molecule is CCC(C)N1CCC(CN2CCN(C(=O)C(C)C)CC2)CC1. The van der Waals surface area contributed by atoms with Gasteiger partial charge in [0.2, 0.25) is 5.91 Å². The second-order valence-corrected chi connectivity index (χ2v) is 7.52. The van der Waals surface area contributed by atoms with Gasteiger partial charge >= 0.3 is 0 Å². The first kappa shape index (κ1) is 17.7. The predicted octanol–water partition coefficient (Wildman–Crippen LogP) is 2.30. The van der Waals surface area contributed by atoms with E-state index in [0.29, 0.717) is 5.91 Å². The number of hydrogen-bond acceptors (Lipinski definition) is 3. The molecule has 0 aromatic heterocycles. The Kier molecular flexibility index (Phi) is 6.69. The van der Waals surface area contributed by atoms with Crippen molar-refractivity contribution in [2.75, 3.05) is 45.8 Å². The first-order valence-corrected chi connectivity index (χ1v) is 9.26. The quantitative estimate of drug-likeness (QED) is 0.780. The van der Waals surface area contributed by atoms with Gasteiger partial charge in [-0.2, -0.15) is 0 Å². The molecule has 4 heteroatoms. The van der Waals surface area contributed by atoms with E-state index in [1.54, 1.807) is 0 Å². The van der Waals surface area contributed by atoms with Crippen LogP contribution in [0.5, 0.6) is 0 Å². The van der Waals surface area contributed by atoms with Crippen LogP contribution in [-0.2, 0) is 4.79 Å². The van der Waals surface area contributed by atoms with Crippen molar-refractivity contribution in [1.82, 2.24) is 14.7 Å². The fourth-order valence-corrected chi connectivity index (χ4v) is 3.72. The lowest BCUT2D eigenvalue weighted by Gasteiger charge is -2.40. The number of amides is 1. The minimum Gasteiger partial charge on any atom is -0.340 e. The Labute approximate surface area is 136 Å². The van der Waals surface area contributed by atoms with E-state index in [0.717, 1.165) is 38.1 Å². The van der Waals surface area contributed by atoms with Gasteiger partial charge in [0, 0.05) is 44.7 Å². The standard InChI is InChI=1S/C18H35N3O/c1-5-16(4)20-8-6-17(7-9-20)14-19-10-12-21(13-11-19)18(22)15(2)3/h15-17H,5-14H2,1-4H3. The maximum atomic E-state index is 12.0. The van der Waals surface area contributed by atoms with Crippen molar-refractivity contribution >= 4 is 5.91 Å². The number of piperidine rings is 1. The molecule has 2 rings (SSSR count). The lowest BCUT2D eigenvalue weighted by atomic mass is 9.94. The number of piperazine rings is 1. The first-order chi connectivity index (χ1) is 10.5. The molecule has 128 valence electrons. The highest BCUT2D eigenvalue weighted by Gasteiger charge is 2.27. The molecule has 0 N–H and O–H groups in total. The molecular weight excluding hydrogens is 274 g/mol. The van der Waals surface area contributed by atoms with Gasteiger partial charge in [0.05, 0.1) is 0 Å². The van der Waals surface area contributed by atoms with E-state index in [-0.39, 0.29) is 5.92 Å². The van der Waals surface area contributed by atoms with Crippen molar-refractivity contribution < 1.29 is 4.79 Å². The molecule has 0 saturated carbocycles. The molecule has 1 unspecified atom stereocenters. The Hall–Kier alpha value is -0.610. The highest BCUT2D eigenvalue weighted by atomic mass is 16.2. The van der Waals surface area contributed by atoms with E-state index < -0.39 is 0 Å². The predicted molar refractivity (Wildman–Crippen MR) is 91.9 cm³/mol. The van der Waals surface area contributed by atoms with Gasteiger partial charge in [-0.15, -0.1) is 0 Å². The van der Waals surface area contributed by atoms with Crippen molar-refractivity contribution in [2.45, 2.75) is 53.0 Å². The second kappa shape index (κ2) is 8.30. The summed E-state index contributed by atoms with van der Waals surface area (Å²) >= 11 is 0. The lowest BCUT2D eigenvalue weighted by molar-refractivity contribution is -0.136. The van der Waals surface area contributed by atoms with Crippen LogP contribution in [0, 0.1) is 11.8 Å². The third-order valence-electron chi connectivity index (χ3n) is 5.56. The molecule has 0 spiro atoms. The smallest absolute Gasteiger partial charge is 0.225 e. The summed E-state index contributed by atoms with van der Waals surface area (Å²) in [5, 5.41) is 0. The summed E-state index contributed by atoms with van der Waals surface area (Å²) in [5.74, 6) is 1.31. The normalized spacial score (nSPS) is 24.0. The zero-order valence-electron chi connectivity index (χ0n) is 15.1. The van der Waals surface area contributed by atoms with Crippen LogP contribution < -0.4 is 0 Å². The molecule has 2 fully saturated rings. The first-order valence-electron chi connectivity index (χ1n) is 9.26. The van der Waals surface area contributed by atoms with Gasteiger partial charge in [0.15, 0.2) is 0 Å². The number of carbonyl (C=O) groups is 1. The molecule has 2 saturated heterocycles. The third-order valence-corrected chi connectivity index (χ3v) is 5.56. The van der Waals surface area contributed by atoms with E-state index in [1.165, 1.54) is 38.9 Å². The number of carbonyl (C=O) groups excluding carboxylic acids is 1. The minimum atomic E-state index is 0.136. The zero-order valence-corrected chi connectivity index (χ0v) is 15.1. The molecule has 2 heterocycles.